The number of sulfonamides is 1. The highest BCUT2D eigenvalue weighted by Gasteiger charge is 2.29. The molecule has 1 aromatic rings. The van der Waals surface area contributed by atoms with Crippen molar-refractivity contribution in [2.45, 2.75) is 25.3 Å². The molecule has 6 heteroatoms. The summed E-state index contributed by atoms with van der Waals surface area (Å²) in [6, 6.07) is 3.64. The van der Waals surface area contributed by atoms with Crippen LogP contribution in [-0.4, -0.2) is 50.8 Å². The first-order valence-corrected chi connectivity index (χ1v) is 8.29. The molecule has 0 atom stereocenters. The van der Waals surface area contributed by atoms with Crippen LogP contribution < -0.4 is 5.73 Å². The monoisotopic (exact) mass is 297 g/mol. The highest BCUT2D eigenvalue weighted by atomic mass is 32.2. The summed E-state index contributed by atoms with van der Waals surface area (Å²) in [5.74, 6) is 0. The van der Waals surface area contributed by atoms with E-state index in [9.17, 15) is 8.42 Å². The van der Waals surface area contributed by atoms with E-state index >= 15 is 0 Å². The SMILES string of the molecule is Cc1cc(C)c(S(=O)(=O)N2CCN(C)CC2)cc1CN. The normalized spacial score (nSPS) is 18.4. The van der Waals surface area contributed by atoms with E-state index in [1.54, 1.807) is 10.4 Å². The molecule has 1 heterocycles. The van der Waals surface area contributed by atoms with Crippen LogP contribution in [0.1, 0.15) is 16.7 Å². The molecule has 0 bridgehead atoms. The Balaban J connectivity index is 2.39. The zero-order valence-electron chi connectivity index (χ0n) is 12.4. The van der Waals surface area contributed by atoms with Gasteiger partial charge in [-0.1, -0.05) is 6.07 Å². The van der Waals surface area contributed by atoms with E-state index in [1.807, 2.05) is 27.0 Å². The fourth-order valence-corrected chi connectivity index (χ4v) is 4.22. The van der Waals surface area contributed by atoms with Crippen LogP contribution in [0, 0.1) is 13.8 Å². The zero-order chi connectivity index (χ0) is 14.9. The van der Waals surface area contributed by atoms with Crippen molar-refractivity contribution in [3.05, 3.63) is 28.8 Å². The van der Waals surface area contributed by atoms with Crippen LogP contribution in [0.25, 0.3) is 0 Å². The highest BCUT2D eigenvalue weighted by Crippen LogP contribution is 2.24. The van der Waals surface area contributed by atoms with Crippen LogP contribution in [0.4, 0.5) is 0 Å². The maximum atomic E-state index is 12.8. The van der Waals surface area contributed by atoms with Gasteiger partial charge in [0.05, 0.1) is 4.90 Å². The van der Waals surface area contributed by atoms with Crippen molar-refractivity contribution in [1.29, 1.82) is 0 Å². The molecule has 0 aromatic heterocycles. The molecule has 1 aliphatic rings. The second-order valence-corrected chi connectivity index (χ2v) is 7.36. The van der Waals surface area contributed by atoms with Crippen molar-refractivity contribution < 1.29 is 8.42 Å². The first-order chi connectivity index (χ1) is 9.36. The quantitative estimate of drug-likeness (QED) is 0.892. The molecule has 112 valence electrons. The third kappa shape index (κ3) is 2.88. The summed E-state index contributed by atoms with van der Waals surface area (Å²) in [4.78, 5) is 2.53. The molecule has 1 fully saturated rings. The molecular weight excluding hydrogens is 274 g/mol. The maximum Gasteiger partial charge on any atom is 0.243 e. The van der Waals surface area contributed by atoms with Crippen molar-refractivity contribution in [1.82, 2.24) is 9.21 Å². The van der Waals surface area contributed by atoms with Gasteiger partial charge in [0.2, 0.25) is 10.0 Å². The predicted octanol–water partition coefficient (Wildman–Crippen LogP) is 0.698. The number of nitrogens with zero attached hydrogens (tertiary/aromatic N) is 2. The van der Waals surface area contributed by atoms with Crippen molar-refractivity contribution in [2.75, 3.05) is 33.2 Å². The van der Waals surface area contributed by atoms with Crippen LogP contribution >= 0.6 is 0 Å². The molecule has 0 radical (unpaired) electrons. The van der Waals surface area contributed by atoms with E-state index < -0.39 is 10.0 Å². The lowest BCUT2D eigenvalue weighted by Gasteiger charge is -2.32. The average molecular weight is 297 g/mol. The molecule has 1 aliphatic heterocycles. The minimum atomic E-state index is -3.41. The van der Waals surface area contributed by atoms with Gasteiger partial charge in [0, 0.05) is 32.7 Å². The summed E-state index contributed by atoms with van der Waals surface area (Å²) in [5, 5.41) is 0. The Bertz CT molecular complexity index is 591. The second kappa shape index (κ2) is 5.81. The average Bonchev–Trinajstić information content (AvgIpc) is 2.39. The number of aryl methyl sites for hydroxylation is 2. The van der Waals surface area contributed by atoms with Crippen molar-refractivity contribution in [3.8, 4) is 0 Å². The fraction of sp³-hybridized carbons (Fsp3) is 0.571. The molecule has 0 unspecified atom stereocenters. The number of hydrogen-bond donors (Lipinski definition) is 1. The number of nitrogens with two attached hydrogens (primary N) is 1. The van der Waals surface area contributed by atoms with Gasteiger partial charge >= 0.3 is 0 Å². The first kappa shape index (κ1) is 15.4. The first-order valence-electron chi connectivity index (χ1n) is 6.85. The third-order valence-electron chi connectivity index (χ3n) is 3.93. The molecule has 0 spiro atoms. The lowest BCUT2D eigenvalue weighted by Crippen LogP contribution is -2.47. The van der Waals surface area contributed by atoms with E-state index in [-0.39, 0.29) is 0 Å². The van der Waals surface area contributed by atoms with Crippen LogP contribution in [-0.2, 0) is 16.6 Å². The van der Waals surface area contributed by atoms with Crippen molar-refractivity contribution >= 4 is 10.0 Å². The van der Waals surface area contributed by atoms with Gasteiger partial charge in [0.1, 0.15) is 0 Å². The molecule has 0 aliphatic carbocycles. The highest BCUT2D eigenvalue weighted by molar-refractivity contribution is 7.89. The molecule has 5 nitrogen and oxygen atoms in total. The molecule has 20 heavy (non-hydrogen) atoms. The summed E-state index contributed by atoms with van der Waals surface area (Å²) >= 11 is 0. The van der Waals surface area contributed by atoms with Crippen molar-refractivity contribution in [3.63, 3.8) is 0 Å². The Labute approximate surface area is 121 Å². The smallest absolute Gasteiger partial charge is 0.243 e. The number of rotatable bonds is 3. The van der Waals surface area contributed by atoms with Crippen molar-refractivity contribution in [2.24, 2.45) is 5.73 Å². The predicted molar refractivity (Wildman–Crippen MR) is 80.1 cm³/mol. The van der Waals surface area contributed by atoms with Crippen LogP contribution in [0.5, 0.6) is 0 Å². The third-order valence-corrected chi connectivity index (χ3v) is 5.97. The van der Waals surface area contributed by atoms with E-state index in [4.69, 9.17) is 5.73 Å². The Kier molecular flexibility index (Phi) is 4.49. The van der Waals surface area contributed by atoms with E-state index in [1.165, 1.54) is 0 Å². The lowest BCUT2D eigenvalue weighted by molar-refractivity contribution is 0.222. The molecule has 2 N–H and O–H groups in total. The van der Waals surface area contributed by atoms with Crippen LogP contribution in [0.15, 0.2) is 17.0 Å². The fourth-order valence-electron chi connectivity index (χ4n) is 2.54. The number of likely N-dealkylation sites (N-methyl/N-ethyl adjacent to an activating group) is 1. The summed E-state index contributed by atoms with van der Waals surface area (Å²) in [6.07, 6.45) is 0. The standard InChI is InChI=1S/C14H23N3O2S/c1-11-8-12(2)14(9-13(11)10-15)20(18,19)17-6-4-16(3)5-7-17/h8-9H,4-7,10,15H2,1-3H3. The number of benzene rings is 1. The van der Waals surface area contributed by atoms with E-state index in [0.717, 1.165) is 29.8 Å². The van der Waals surface area contributed by atoms with Gasteiger partial charge < -0.3 is 10.6 Å². The topological polar surface area (TPSA) is 66.6 Å². The molecule has 1 saturated heterocycles. The summed E-state index contributed by atoms with van der Waals surface area (Å²) in [7, 11) is -1.41. The van der Waals surface area contributed by atoms with Gasteiger partial charge in [0.25, 0.3) is 0 Å². The lowest BCUT2D eigenvalue weighted by atomic mass is 10.1. The Hall–Kier alpha value is -0.950. The van der Waals surface area contributed by atoms with Gasteiger partial charge in [-0.05, 0) is 43.7 Å². The van der Waals surface area contributed by atoms with Gasteiger partial charge in [0.15, 0.2) is 0 Å². The van der Waals surface area contributed by atoms with E-state index in [2.05, 4.69) is 4.90 Å². The minimum absolute atomic E-state index is 0.359. The number of hydrogen-bond acceptors (Lipinski definition) is 4. The zero-order valence-corrected chi connectivity index (χ0v) is 13.2. The Morgan fingerprint density at radius 3 is 2.25 bits per heavy atom. The molecule has 0 saturated carbocycles. The molecule has 1 aromatic carbocycles. The molecular formula is C14H23N3O2S. The van der Waals surface area contributed by atoms with Gasteiger partial charge in [-0.25, -0.2) is 8.42 Å². The van der Waals surface area contributed by atoms with Gasteiger partial charge in [-0.15, -0.1) is 0 Å². The van der Waals surface area contributed by atoms with Crippen LogP contribution in [0.3, 0.4) is 0 Å². The summed E-state index contributed by atoms with van der Waals surface area (Å²) < 4.78 is 27.1. The second-order valence-electron chi connectivity index (χ2n) is 5.46. The Morgan fingerprint density at radius 2 is 1.70 bits per heavy atom. The van der Waals surface area contributed by atoms with Gasteiger partial charge in [-0.2, -0.15) is 4.31 Å². The maximum absolute atomic E-state index is 12.8. The number of piperazine rings is 1. The van der Waals surface area contributed by atoms with Gasteiger partial charge in [-0.3, -0.25) is 0 Å². The molecule has 0 amide bonds. The largest absolute Gasteiger partial charge is 0.326 e. The van der Waals surface area contributed by atoms with Crippen LogP contribution in [0.2, 0.25) is 0 Å². The summed E-state index contributed by atoms with van der Waals surface area (Å²) in [5.41, 5.74) is 8.42. The Morgan fingerprint density at radius 1 is 1.10 bits per heavy atom. The minimum Gasteiger partial charge on any atom is -0.326 e. The summed E-state index contributed by atoms with van der Waals surface area (Å²) in [6.45, 7) is 6.80. The molecule has 2 rings (SSSR count). The van der Waals surface area contributed by atoms with E-state index in [0.29, 0.717) is 24.5 Å².